The van der Waals surface area contributed by atoms with Crippen molar-refractivity contribution in [3.8, 4) is 0 Å². The lowest BCUT2D eigenvalue weighted by Gasteiger charge is -2.21. The van der Waals surface area contributed by atoms with Crippen molar-refractivity contribution in [3.05, 3.63) is 53.3 Å². The van der Waals surface area contributed by atoms with Gasteiger partial charge in [0.15, 0.2) is 0 Å². The van der Waals surface area contributed by atoms with Gasteiger partial charge in [0.2, 0.25) is 5.91 Å². The van der Waals surface area contributed by atoms with Gasteiger partial charge >= 0.3 is 0 Å². The lowest BCUT2D eigenvalue weighted by molar-refractivity contribution is -0.130. The Morgan fingerprint density at radius 3 is 2.52 bits per heavy atom. The summed E-state index contributed by atoms with van der Waals surface area (Å²) in [5, 5.41) is 6.73. The number of hydrogen-bond acceptors (Lipinski definition) is 3. The van der Waals surface area contributed by atoms with E-state index < -0.39 is 0 Å². The van der Waals surface area contributed by atoms with Gasteiger partial charge in [0, 0.05) is 25.8 Å². The highest BCUT2D eigenvalue weighted by Gasteiger charge is 2.15. The molecule has 0 saturated carbocycles. The molecule has 1 N–H and O–H groups in total. The summed E-state index contributed by atoms with van der Waals surface area (Å²) in [6, 6.07) is 11.5. The van der Waals surface area contributed by atoms with Gasteiger partial charge in [-0.25, -0.2) is 0 Å². The minimum Gasteiger partial charge on any atom is -0.342 e. The van der Waals surface area contributed by atoms with E-state index in [0.29, 0.717) is 18.8 Å². The van der Waals surface area contributed by atoms with Crippen LogP contribution in [0, 0.1) is 6.92 Å². The molecule has 0 aliphatic rings. The van der Waals surface area contributed by atoms with Crippen LogP contribution in [0.4, 0.5) is 0 Å². The number of aromatic nitrogens is 2. The van der Waals surface area contributed by atoms with Crippen molar-refractivity contribution < 1.29 is 9.59 Å². The summed E-state index contributed by atoms with van der Waals surface area (Å²) in [6.07, 6.45) is 0. The number of nitrogens with zero attached hydrogens (tertiary/aromatic N) is 3. The lowest BCUT2D eigenvalue weighted by atomic mass is 10.2. The number of nitrogens with one attached hydrogen (secondary N) is 1. The molecule has 23 heavy (non-hydrogen) atoms. The molecule has 2 rings (SSSR count). The number of amides is 2. The SMILES string of the molecule is CCN(Cc1ccccc1)C(=O)CNC(=O)c1cc(C)n(C)n1. The topological polar surface area (TPSA) is 67.2 Å². The zero-order valence-corrected chi connectivity index (χ0v) is 13.7. The summed E-state index contributed by atoms with van der Waals surface area (Å²) in [5.74, 6) is -0.449. The molecular weight excluding hydrogens is 292 g/mol. The number of likely N-dealkylation sites (N-methyl/N-ethyl adjacent to an activating group) is 1. The van der Waals surface area contributed by atoms with E-state index in [4.69, 9.17) is 0 Å². The molecule has 0 aliphatic heterocycles. The third kappa shape index (κ3) is 4.42. The molecule has 2 amide bonds. The molecule has 0 bridgehead atoms. The van der Waals surface area contributed by atoms with Crippen molar-refractivity contribution in [1.29, 1.82) is 0 Å². The van der Waals surface area contributed by atoms with E-state index in [0.717, 1.165) is 11.3 Å². The summed E-state index contributed by atoms with van der Waals surface area (Å²) in [7, 11) is 1.77. The van der Waals surface area contributed by atoms with Crippen molar-refractivity contribution in [2.75, 3.05) is 13.1 Å². The second kappa shape index (κ2) is 7.58. The fourth-order valence-electron chi connectivity index (χ4n) is 2.21. The van der Waals surface area contributed by atoms with Crippen molar-refractivity contribution in [1.82, 2.24) is 20.0 Å². The van der Waals surface area contributed by atoms with Crippen LogP contribution in [-0.2, 0) is 18.4 Å². The average Bonchev–Trinajstić information content (AvgIpc) is 2.90. The zero-order valence-electron chi connectivity index (χ0n) is 13.7. The molecule has 0 unspecified atom stereocenters. The van der Waals surface area contributed by atoms with E-state index >= 15 is 0 Å². The fourth-order valence-corrected chi connectivity index (χ4v) is 2.21. The van der Waals surface area contributed by atoms with Crippen molar-refractivity contribution >= 4 is 11.8 Å². The minimum absolute atomic E-state index is 0.0326. The number of rotatable bonds is 6. The molecule has 1 heterocycles. The monoisotopic (exact) mass is 314 g/mol. The number of hydrogen-bond donors (Lipinski definition) is 1. The largest absolute Gasteiger partial charge is 0.342 e. The average molecular weight is 314 g/mol. The number of carbonyl (C=O) groups excluding carboxylic acids is 2. The van der Waals surface area contributed by atoms with Crippen LogP contribution in [0.5, 0.6) is 0 Å². The standard InChI is InChI=1S/C17H22N4O2/c1-4-21(12-14-8-6-5-7-9-14)16(22)11-18-17(23)15-10-13(2)20(3)19-15/h5-10H,4,11-12H2,1-3H3,(H,18,23). The third-order valence-corrected chi connectivity index (χ3v) is 3.70. The zero-order chi connectivity index (χ0) is 16.8. The van der Waals surface area contributed by atoms with Crippen LogP contribution < -0.4 is 5.32 Å². The van der Waals surface area contributed by atoms with Gasteiger partial charge in [0.1, 0.15) is 5.69 Å². The number of benzene rings is 1. The van der Waals surface area contributed by atoms with Crippen LogP contribution >= 0.6 is 0 Å². The number of carbonyl (C=O) groups is 2. The van der Waals surface area contributed by atoms with Gasteiger partial charge in [-0.1, -0.05) is 30.3 Å². The van der Waals surface area contributed by atoms with Crippen molar-refractivity contribution in [3.63, 3.8) is 0 Å². The lowest BCUT2D eigenvalue weighted by Crippen LogP contribution is -2.39. The molecule has 122 valence electrons. The first-order valence-corrected chi connectivity index (χ1v) is 7.61. The van der Waals surface area contributed by atoms with Gasteiger partial charge < -0.3 is 10.2 Å². The molecule has 1 aromatic carbocycles. The molecule has 0 atom stereocenters. The fraction of sp³-hybridized carbons (Fsp3) is 0.353. The summed E-state index contributed by atoms with van der Waals surface area (Å²) in [4.78, 5) is 26.0. The van der Waals surface area contributed by atoms with E-state index in [-0.39, 0.29) is 18.4 Å². The Kier molecular flexibility index (Phi) is 5.51. The molecule has 6 nitrogen and oxygen atoms in total. The first-order chi connectivity index (χ1) is 11.0. The van der Waals surface area contributed by atoms with Crippen molar-refractivity contribution in [2.45, 2.75) is 20.4 Å². The van der Waals surface area contributed by atoms with Gasteiger partial charge in [0.05, 0.1) is 6.54 Å². The molecule has 0 spiro atoms. The van der Waals surface area contributed by atoms with E-state index in [1.54, 1.807) is 22.7 Å². The predicted octanol–water partition coefficient (Wildman–Crippen LogP) is 1.51. The molecular formula is C17H22N4O2. The van der Waals surface area contributed by atoms with Crippen LogP contribution in [0.1, 0.15) is 28.7 Å². The quantitative estimate of drug-likeness (QED) is 0.879. The molecule has 0 aliphatic carbocycles. The molecule has 0 saturated heterocycles. The molecule has 2 aromatic rings. The smallest absolute Gasteiger partial charge is 0.272 e. The molecule has 0 radical (unpaired) electrons. The Labute approximate surface area is 136 Å². The first kappa shape index (κ1) is 16.7. The van der Waals surface area contributed by atoms with Gasteiger partial charge in [-0.2, -0.15) is 5.10 Å². The van der Waals surface area contributed by atoms with Crippen LogP contribution in [-0.4, -0.2) is 39.6 Å². The molecule has 6 heteroatoms. The van der Waals surface area contributed by atoms with Gasteiger partial charge in [-0.15, -0.1) is 0 Å². The summed E-state index contributed by atoms with van der Waals surface area (Å²) in [6.45, 7) is 4.88. The van der Waals surface area contributed by atoms with Crippen LogP contribution in [0.25, 0.3) is 0 Å². The highest BCUT2D eigenvalue weighted by Crippen LogP contribution is 2.05. The summed E-state index contributed by atoms with van der Waals surface area (Å²) in [5.41, 5.74) is 2.28. The highest BCUT2D eigenvalue weighted by molar-refractivity contribution is 5.94. The molecule has 0 fully saturated rings. The Hall–Kier alpha value is -2.63. The van der Waals surface area contributed by atoms with Crippen LogP contribution in [0.2, 0.25) is 0 Å². The maximum Gasteiger partial charge on any atom is 0.272 e. The van der Waals surface area contributed by atoms with Gasteiger partial charge in [0.25, 0.3) is 5.91 Å². The Morgan fingerprint density at radius 1 is 1.26 bits per heavy atom. The maximum atomic E-state index is 12.3. The maximum absolute atomic E-state index is 12.3. The Bertz CT molecular complexity index is 660. The first-order valence-electron chi connectivity index (χ1n) is 7.61. The predicted molar refractivity (Wildman–Crippen MR) is 87.8 cm³/mol. The van der Waals surface area contributed by atoms with E-state index in [9.17, 15) is 9.59 Å². The van der Waals surface area contributed by atoms with Crippen molar-refractivity contribution in [2.24, 2.45) is 7.05 Å². The second-order valence-electron chi connectivity index (χ2n) is 5.37. The van der Waals surface area contributed by atoms with Crippen LogP contribution in [0.15, 0.2) is 36.4 Å². The number of aryl methyl sites for hydroxylation is 2. The highest BCUT2D eigenvalue weighted by atomic mass is 16.2. The Morgan fingerprint density at radius 2 is 1.96 bits per heavy atom. The van der Waals surface area contributed by atoms with E-state index in [1.165, 1.54) is 0 Å². The van der Waals surface area contributed by atoms with Gasteiger partial charge in [-0.3, -0.25) is 14.3 Å². The third-order valence-electron chi connectivity index (χ3n) is 3.70. The van der Waals surface area contributed by atoms with E-state index in [1.807, 2.05) is 44.2 Å². The summed E-state index contributed by atoms with van der Waals surface area (Å²) >= 11 is 0. The van der Waals surface area contributed by atoms with E-state index in [2.05, 4.69) is 10.4 Å². The normalized spacial score (nSPS) is 10.4. The Balaban J connectivity index is 1.90. The molecule has 1 aromatic heterocycles. The second-order valence-corrected chi connectivity index (χ2v) is 5.37. The van der Waals surface area contributed by atoms with Crippen LogP contribution in [0.3, 0.4) is 0 Å². The van der Waals surface area contributed by atoms with Gasteiger partial charge in [-0.05, 0) is 25.5 Å². The minimum atomic E-state index is -0.335. The summed E-state index contributed by atoms with van der Waals surface area (Å²) < 4.78 is 1.63.